The summed E-state index contributed by atoms with van der Waals surface area (Å²) in [5.41, 5.74) is 5.46. The predicted molar refractivity (Wildman–Crippen MR) is 72.4 cm³/mol. The van der Waals surface area contributed by atoms with Crippen LogP contribution in [-0.4, -0.2) is 14.5 Å². The van der Waals surface area contributed by atoms with Gasteiger partial charge in [-0.25, -0.2) is 14.3 Å². The van der Waals surface area contributed by atoms with Crippen LogP contribution < -0.4 is 17.0 Å². The second-order valence-electron chi connectivity index (χ2n) is 4.03. The highest BCUT2D eigenvalue weighted by Gasteiger charge is 2.11. The highest BCUT2D eigenvalue weighted by atomic mass is 16.2. The van der Waals surface area contributed by atoms with Gasteiger partial charge in [0.2, 0.25) is 0 Å². The zero-order valence-electron chi connectivity index (χ0n) is 9.83. The normalized spacial score (nSPS) is 10.7. The fourth-order valence-corrected chi connectivity index (χ4v) is 1.96. The zero-order valence-corrected chi connectivity index (χ0v) is 9.83. The Hall–Kier alpha value is -2.89. The van der Waals surface area contributed by atoms with Crippen molar-refractivity contribution in [2.24, 2.45) is 0 Å². The molecule has 94 valence electrons. The number of hydrogen-bond donors (Lipinski definition) is 2. The second kappa shape index (κ2) is 4.09. The first kappa shape index (κ1) is 11.2. The van der Waals surface area contributed by atoms with Crippen molar-refractivity contribution in [1.82, 2.24) is 14.5 Å². The van der Waals surface area contributed by atoms with Crippen molar-refractivity contribution in [2.45, 2.75) is 0 Å². The molecule has 0 unspecified atom stereocenters. The van der Waals surface area contributed by atoms with Crippen LogP contribution in [-0.2, 0) is 0 Å². The minimum Gasteiger partial charge on any atom is -0.397 e. The number of pyridine rings is 1. The maximum Gasteiger partial charge on any atom is 0.334 e. The van der Waals surface area contributed by atoms with E-state index in [1.54, 1.807) is 36.4 Å². The van der Waals surface area contributed by atoms with Crippen molar-refractivity contribution >= 4 is 16.6 Å². The van der Waals surface area contributed by atoms with Gasteiger partial charge in [0.25, 0.3) is 5.56 Å². The molecule has 0 aliphatic heterocycles. The first-order chi connectivity index (χ1) is 9.18. The molecule has 0 atom stereocenters. The lowest BCUT2D eigenvalue weighted by molar-refractivity contribution is 0.869. The number of hydrogen-bond acceptors (Lipinski definition) is 4. The number of aromatic nitrogens is 3. The number of nitrogen functional groups attached to an aromatic ring is 1. The summed E-state index contributed by atoms with van der Waals surface area (Å²) in [5.74, 6) is 0.276. The van der Waals surface area contributed by atoms with E-state index in [0.717, 1.165) is 4.57 Å². The van der Waals surface area contributed by atoms with Crippen LogP contribution in [0.5, 0.6) is 0 Å². The molecule has 0 bridgehead atoms. The summed E-state index contributed by atoms with van der Waals surface area (Å²) in [5, 5.41) is 0.352. The van der Waals surface area contributed by atoms with Crippen LogP contribution in [0.1, 0.15) is 0 Å². The number of aromatic amines is 1. The average molecular weight is 254 g/mol. The largest absolute Gasteiger partial charge is 0.397 e. The smallest absolute Gasteiger partial charge is 0.334 e. The molecule has 0 spiro atoms. The van der Waals surface area contributed by atoms with Crippen molar-refractivity contribution in [2.75, 3.05) is 5.73 Å². The number of rotatable bonds is 1. The number of para-hydroxylation sites is 1. The molecule has 3 N–H and O–H groups in total. The maximum absolute atomic E-state index is 12.3. The Kier molecular flexibility index (Phi) is 2.42. The molecule has 3 rings (SSSR count). The van der Waals surface area contributed by atoms with Gasteiger partial charge in [-0.2, -0.15) is 0 Å². The van der Waals surface area contributed by atoms with Gasteiger partial charge in [-0.15, -0.1) is 0 Å². The molecule has 0 saturated carbocycles. The summed E-state index contributed by atoms with van der Waals surface area (Å²) in [7, 11) is 0. The number of nitrogens with one attached hydrogen (secondary N) is 1. The Morgan fingerprint density at radius 3 is 2.68 bits per heavy atom. The predicted octanol–water partition coefficient (Wildman–Crippen LogP) is 0.656. The van der Waals surface area contributed by atoms with Gasteiger partial charge < -0.3 is 10.7 Å². The monoisotopic (exact) mass is 254 g/mol. The van der Waals surface area contributed by atoms with Crippen LogP contribution in [0.2, 0.25) is 0 Å². The average Bonchev–Trinajstić information content (AvgIpc) is 2.41. The van der Waals surface area contributed by atoms with Crippen molar-refractivity contribution in [3.8, 4) is 5.82 Å². The summed E-state index contributed by atoms with van der Waals surface area (Å²) in [6.45, 7) is 0. The summed E-state index contributed by atoms with van der Waals surface area (Å²) >= 11 is 0. The Balaban J connectivity index is 2.47. The number of anilines is 1. The molecule has 2 heterocycles. The minimum absolute atomic E-state index is 0.276. The van der Waals surface area contributed by atoms with E-state index in [1.807, 2.05) is 0 Å². The fraction of sp³-hybridized carbons (Fsp3) is 0. The van der Waals surface area contributed by atoms with E-state index in [4.69, 9.17) is 5.73 Å². The maximum atomic E-state index is 12.3. The van der Waals surface area contributed by atoms with Gasteiger partial charge in [-0.3, -0.25) is 4.79 Å². The molecular weight excluding hydrogens is 244 g/mol. The molecule has 0 amide bonds. The fourth-order valence-electron chi connectivity index (χ4n) is 1.96. The van der Waals surface area contributed by atoms with Crippen LogP contribution in [0.4, 0.5) is 5.69 Å². The first-order valence-corrected chi connectivity index (χ1v) is 5.63. The topological polar surface area (TPSA) is 93.8 Å². The van der Waals surface area contributed by atoms with Crippen LogP contribution >= 0.6 is 0 Å². The zero-order chi connectivity index (χ0) is 13.4. The lowest BCUT2D eigenvalue weighted by Gasteiger charge is -2.06. The molecule has 19 heavy (non-hydrogen) atoms. The molecule has 0 fully saturated rings. The molecule has 6 heteroatoms. The molecular formula is C13H10N4O2. The van der Waals surface area contributed by atoms with Crippen LogP contribution in [0, 0.1) is 0 Å². The SMILES string of the molecule is Nc1cccc2c(=O)n(-c3ccccn3)c(=O)[nH]c12. The molecule has 0 aliphatic rings. The Labute approximate surface area is 107 Å². The molecule has 6 nitrogen and oxygen atoms in total. The van der Waals surface area contributed by atoms with E-state index < -0.39 is 11.2 Å². The lowest BCUT2D eigenvalue weighted by atomic mass is 10.2. The van der Waals surface area contributed by atoms with Crippen LogP contribution in [0.3, 0.4) is 0 Å². The standard InChI is InChI=1S/C13H10N4O2/c14-9-5-3-4-8-11(9)16-13(19)17(12(8)18)10-6-1-2-7-15-10/h1-7H,14H2,(H,16,19). The van der Waals surface area contributed by atoms with Gasteiger partial charge in [0.1, 0.15) is 5.82 Å². The van der Waals surface area contributed by atoms with Gasteiger partial charge in [-0.1, -0.05) is 12.1 Å². The van der Waals surface area contributed by atoms with E-state index in [1.165, 1.54) is 6.20 Å². The molecule has 1 aromatic carbocycles. The third-order valence-corrected chi connectivity index (χ3v) is 2.84. The van der Waals surface area contributed by atoms with Gasteiger partial charge in [0.15, 0.2) is 0 Å². The molecule has 0 aliphatic carbocycles. The number of nitrogens with two attached hydrogens (primary N) is 1. The summed E-state index contributed by atoms with van der Waals surface area (Å²) < 4.78 is 0.988. The van der Waals surface area contributed by atoms with Gasteiger partial charge in [0.05, 0.1) is 16.6 Å². The van der Waals surface area contributed by atoms with E-state index in [9.17, 15) is 9.59 Å². The number of nitrogens with zero attached hydrogens (tertiary/aromatic N) is 2. The third kappa shape index (κ3) is 1.70. The Morgan fingerprint density at radius 2 is 1.95 bits per heavy atom. The van der Waals surface area contributed by atoms with E-state index >= 15 is 0 Å². The van der Waals surface area contributed by atoms with Gasteiger partial charge >= 0.3 is 5.69 Å². The number of H-pyrrole nitrogens is 1. The van der Waals surface area contributed by atoms with Crippen molar-refractivity contribution in [1.29, 1.82) is 0 Å². The van der Waals surface area contributed by atoms with Gasteiger partial charge in [0, 0.05) is 6.20 Å². The number of fused-ring (bicyclic) bond motifs is 1. The van der Waals surface area contributed by atoms with Crippen LogP contribution in [0.25, 0.3) is 16.7 Å². The Morgan fingerprint density at radius 1 is 1.11 bits per heavy atom. The summed E-state index contributed by atoms with van der Waals surface area (Å²) in [6.07, 6.45) is 1.52. The molecule has 0 saturated heterocycles. The lowest BCUT2D eigenvalue weighted by Crippen LogP contribution is -2.34. The molecule has 0 radical (unpaired) electrons. The van der Waals surface area contributed by atoms with Crippen molar-refractivity contribution < 1.29 is 0 Å². The van der Waals surface area contributed by atoms with Crippen molar-refractivity contribution in [3.63, 3.8) is 0 Å². The van der Waals surface area contributed by atoms with Crippen molar-refractivity contribution in [3.05, 3.63) is 63.4 Å². The first-order valence-electron chi connectivity index (χ1n) is 5.63. The molecule has 2 aromatic heterocycles. The molecule has 3 aromatic rings. The number of benzene rings is 1. The van der Waals surface area contributed by atoms with E-state index in [-0.39, 0.29) is 5.82 Å². The highest BCUT2D eigenvalue weighted by Crippen LogP contribution is 2.13. The van der Waals surface area contributed by atoms with E-state index in [2.05, 4.69) is 9.97 Å². The van der Waals surface area contributed by atoms with Gasteiger partial charge in [-0.05, 0) is 24.3 Å². The van der Waals surface area contributed by atoms with E-state index in [0.29, 0.717) is 16.6 Å². The van der Waals surface area contributed by atoms with Crippen LogP contribution in [0.15, 0.2) is 52.2 Å². The minimum atomic E-state index is -0.561. The summed E-state index contributed by atoms with van der Waals surface area (Å²) in [4.78, 5) is 31.0. The highest BCUT2D eigenvalue weighted by molar-refractivity contribution is 5.88. The third-order valence-electron chi connectivity index (χ3n) is 2.84. The quantitative estimate of drug-likeness (QED) is 0.624. The summed E-state index contributed by atoms with van der Waals surface area (Å²) in [6, 6.07) is 9.92. The second-order valence-corrected chi connectivity index (χ2v) is 4.03. The Bertz CT molecular complexity index is 865.